The Balaban J connectivity index is 1.86. The first-order valence-corrected chi connectivity index (χ1v) is 8.01. The third-order valence-electron chi connectivity index (χ3n) is 3.57. The molecule has 0 radical (unpaired) electrons. The van der Waals surface area contributed by atoms with E-state index >= 15 is 0 Å². The van der Waals surface area contributed by atoms with Crippen molar-refractivity contribution in [3.63, 3.8) is 0 Å². The van der Waals surface area contributed by atoms with Gasteiger partial charge in [0.2, 0.25) is 11.7 Å². The molecule has 1 N–H and O–H groups in total. The van der Waals surface area contributed by atoms with E-state index in [0.717, 1.165) is 5.56 Å². The van der Waals surface area contributed by atoms with Gasteiger partial charge in [0.05, 0.1) is 5.56 Å². The normalized spacial score (nSPS) is 11.0. The Morgan fingerprint density at radius 1 is 1.27 bits per heavy atom. The molecular weight excluding hydrogens is 352 g/mol. The fraction of sp³-hybridized carbons (Fsp3) is 0.0526. The van der Waals surface area contributed by atoms with Gasteiger partial charge in [0.1, 0.15) is 23.2 Å². The van der Waals surface area contributed by atoms with E-state index in [1.54, 1.807) is 55.7 Å². The first-order chi connectivity index (χ1) is 12.6. The summed E-state index contributed by atoms with van der Waals surface area (Å²) < 4.78 is 5.67. The Labute approximate surface area is 154 Å². The highest BCUT2D eigenvalue weighted by molar-refractivity contribution is 6.30. The number of Topliss-reactive ketones (excluding diaryl/α,β-unsaturated/α-hetero) is 1. The molecule has 0 saturated carbocycles. The van der Waals surface area contributed by atoms with Crippen molar-refractivity contribution >= 4 is 23.3 Å². The van der Waals surface area contributed by atoms with Gasteiger partial charge in [-0.25, -0.2) is 9.97 Å². The molecule has 0 atom stereocenters. The molecule has 6 nitrogen and oxygen atoms in total. The summed E-state index contributed by atoms with van der Waals surface area (Å²) in [4.78, 5) is 20.6. The van der Waals surface area contributed by atoms with Crippen molar-refractivity contribution in [1.82, 2.24) is 9.97 Å². The Morgan fingerprint density at radius 2 is 1.96 bits per heavy atom. The molecule has 3 aromatic rings. The second-order valence-electron chi connectivity index (χ2n) is 5.30. The van der Waals surface area contributed by atoms with Gasteiger partial charge in [-0.05, 0) is 43.3 Å². The monoisotopic (exact) mass is 364 g/mol. The van der Waals surface area contributed by atoms with Crippen LogP contribution in [0, 0.1) is 18.3 Å². The van der Waals surface area contributed by atoms with Gasteiger partial charge in [0.15, 0.2) is 0 Å². The first kappa shape index (κ1) is 17.4. The third-order valence-corrected chi connectivity index (χ3v) is 3.82. The minimum Gasteiger partial charge on any atom is -0.461 e. The summed E-state index contributed by atoms with van der Waals surface area (Å²) in [5.41, 5.74) is 1.03. The third kappa shape index (κ3) is 3.79. The summed E-state index contributed by atoms with van der Waals surface area (Å²) in [7, 11) is 0. The van der Waals surface area contributed by atoms with Crippen LogP contribution in [0.3, 0.4) is 0 Å². The van der Waals surface area contributed by atoms with Crippen LogP contribution in [0.1, 0.15) is 16.1 Å². The number of nitriles is 1. The van der Waals surface area contributed by atoms with E-state index in [-0.39, 0.29) is 5.57 Å². The summed E-state index contributed by atoms with van der Waals surface area (Å²) in [5.74, 6) is 0.799. The van der Waals surface area contributed by atoms with Crippen LogP contribution in [0.25, 0.3) is 11.3 Å². The smallest absolute Gasteiger partial charge is 0.226 e. The number of aryl methyl sites for hydroxylation is 1. The van der Waals surface area contributed by atoms with Crippen molar-refractivity contribution < 1.29 is 9.21 Å². The number of nitrogens with one attached hydrogen (secondary N) is 1. The second-order valence-corrected chi connectivity index (χ2v) is 5.74. The topological polar surface area (TPSA) is 91.8 Å². The van der Waals surface area contributed by atoms with Gasteiger partial charge < -0.3 is 9.73 Å². The minimum atomic E-state index is -0.447. The average molecular weight is 365 g/mol. The summed E-state index contributed by atoms with van der Waals surface area (Å²) >= 11 is 5.89. The van der Waals surface area contributed by atoms with Gasteiger partial charge in [0, 0.05) is 29.2 Å². The van der Waals surface area contributed by atoms with Crippen molar-refractivity contribution in [1.29, 1.82) is 5.26 Å². The number of allylic oxidation sites excluding steroid dienone is 1. The summed E-state index contributed by atoms with van der Waals surface area (Å²) in [6.07, 6.45) is 4.39. The number of hydrogen-bond donors (Lipinski definition) is 1. The maximum absolute atomic E-state index is 12.7. The maximum Gasteiger partial charge on any atom is 0.226 e. The predicted octanol–water partition coefficient (Wildman–Crippen LogP) is 4.40. The van der Waals surface area contributed by atoms with Crippen LogP contribution < -0.4 is 5.32 Å². The number of ketones is 1. The molecule has 0 unspecified atom stereocenters. The van der Waals surface area contributed by atoms with Crippen LogP contribution in [0.4, 0.5) is 5.95 Å². The van der Waals surface area contributed by atoms with E-state index in [9.17, 15) is 10.1 Å². The van der Waals surface area contributed by atoms with Crippen molar-refractivity contribution in [2.24, 2.45) is 0 Å². The standard InChI is InChI=1S/C19H13ClN4O2/c1-12-16(9-17(26-12)13-3-5-15(20)6-4-13)18(25)14(10-21)11-24-19-22-7-2-8-23-19/h2-9,11H,1H3,(H,22,23,24). The molecule has 3 rings (SSSR count). The molecule has 0 spiro atoms. The molecule has 0 fully saturated rings. The molecule has 128 valence electrons. The Bertz CT molecular complexity index is 1000. The van der Waals surface area contributed by atoms with E-state index < -0.39 is 5.78 Å². The number of nitrogens with zero attached hydrogens (tertiary/aromatic N) is 3. The molecule has 0 aliphatic rings. The Morgan fingerprint density at radius 3 is 2.62 bits per heavy atom. The molecule has 0 amide bonds. The van der Waals surface area contributed by atoms with E-state index in [0.29, 0.717) is 28.1 Å². The van der Waals surface area contributed by atoms with Crippen LogP contribution in [0.15, 0.2) is 65.0 Å². The Kier molecular flexibility index (Phi) is 5.11. The number of aromatic nitrogens is 2. The first-order valence-electron chi connectivity index (χ1n) is 7.63. The van der Waals surface area contributed by atoms with Crippen LogP contribution in [0.5, 0.6) is 0 Å². The number of rotatable bonds is 5. The zero-order chi connectivity index (χ0) is 18.5. The quantitative estimate of drug-likeness (QED) is 0.410. The van der Waals surface area contributed by atoms with Gasteiger partial charge in [-0.1, -0.05) is 11.6 Å². The number of halogens is 1. The highest BCUT2D eigenvalue weighted by atomic mass is 35.5. The van der Waals surface area contributed by atoms with Gasteiger partial charge in [0.25, 0.3) is 0 Å². The van der Waals surface area contributed by atoms with Crippen molar-refractivity contribution in [2.75, 3.05) is 5.32 Å². The minimum absolute atomic E-state index is 0.0796. The summed E-state index contributed by atoms with van der Waals surface area (Å²) in [6.45, 7) is 1.68. The number of carbonyl (C=O) groups is 1. The number of benzene rings is 1. The molecule has 1 aromatic carbocycles. The van der Waals surface area contributed by atoms with Crippen LogP contribution in [-0.2, 0) is 0 Å². The lowest BCUT2D eigenvalue weighted by Crippen LogP contribution is -2.05. The zero-order valence-electron chi connectivity index (χ0n) is 13.7. The lowest BCUT2D eigenvalue weighted by molar-refractivity contribution is 0.103. The number of carbonyl (C=O) groups excluding carboxylic acids is 1. The van der Waals surface area contributed by atoms with Crippen LogP contribution >= 0.6 is 11.6 Å². The maximum atomic E-state index is 12.7. The fourth-order valence-corrected chi connectivity index (χ4v) is 2.39. The van der Waals surface area contributed by atoms with Gasteiger partial charge in [-0.2, -0.15) is 5.26 Å². The summed E-state index contributed by atoms with van der Waals surface area (Å²) in [6, 6.07) is 12.2. The molecule has 0 saturated heterocycles. The zero-order valence-corrected chi connectivity index (χ0v) is 14.5. The molecule has 0 aliphatic carbocycles. The van der Waals surface area contributed by atoms with Crippen LogP contribution in [-0.4, -0.2) is 15.8 Å². The molecule has 2 aromatic heterocycles. The number of anilines is 1. The van der Waals surface area contributed by atoms with E-state index in [1.807, 2.05) is 6.07 Å². The molecule has 2 heterocycles. The van der Waals surface area contributed by atoms with E-state index in [1.165, 1.54) is 6.20 Å². The van der Waals surface area contributed by atoms with Gasteiger partial charge >= 0.3 is 0 Å². The highest BCUT2D eigenvalue weighted by Crippen LogP contribution is 2.27. The molecule has 0 aliphatic heterocycles. The predicted molar refractivity (Wildman–Crippen MR) is 97.6 cm³/mol. The fourth-order valence-electron chi connectivity index (χ4n) is 2.27. The van der Waals surface area contributed by atoms with Crippen molar-refractivity contribution in [3.05, 3.63) is 76.9 Å². The van der Waals surface area contributed by atoms with E-state index in [2.05, 4.69) is 15.3 Å². The molecule has 0 bridgehead atoms. The van der Waals surface area contributed by atoms with Crippen molar-refractivity contribution in [2.45, 2.75) is 6.92 Å². The van der Waals surface area contributed by atoms with E-state index in [4.69, 9.17) is 16.0 Å². The Hall–Kier alpha value is -3.43. The van der Waals surface area contributed by atoms with Crippen LogP contribution in [0.2, 0.25) is 5.02 Å². The second kappa shape index (κ2) is 7.64. The lowest BCUT2D eigenvalue weighted by Gasteiger charge is -1.99. The lowest BCUT2D eigenvalue weighted by atomic mass is 10.0. The molecule has 26 heavy (non-hydrogen) atoms. The molecular formula is C19H13ClN4O2. The van der Waals surface area contributed by atoms with Gasteiger partial charge in [-0.3, -0.25) is 4.79 Å². The number of furan rings is 1. The largest absolute Gasteiger partial charge is 0.461 e. The number of hydrogen-bond acceptors (Lipinski definition) is 6. The van der Waals surface area contributed by atoms with Gasteiger partial charge in [-0.15, -0.1) is 0 Å². The molecule has 7 heteroatoms. The SMILES string of the molecule is Cc1oc(-c2ccc(Cl)cc2)cc1C(=O)C(C#N)=CNc1ncccn1. The average Bonchev–Trinajstić information content (AvgIpc) is 3.05. The highest BCUT2D eigenvalue weighted by Gasteiger charge is 2.19. The van der Waals surface area contributed by atoms with Crippen molar-refractivity contribution in [3.8, 4) is 17.4 Å². The summed E-state index contributed by atoms with van der Waals surface area (Å²) in [5, 5.41) is 12.7.